The smallest absolute Gasteiger partial charge is 0.293 e. The molecule has 40 heavy (non-hydrogen) atoms. The van der Waals surface area contributed by atoms with Crippen LogP contribution in [-0.4, -0.2) is 69.4 Å². The first-order valence-corrected chi connectivity index (χ1v) is 14.2. The fourth-order valence-electron chi connectivity index (χ4n) is 6.98. The molecule has 0 aromatic heterocycles. The first-order chi connectivity index (χ1) is 19.5. The molecule has 5 heterocycles. The number of nitrogens with zero attached hydrogens (tertiary/aromatic N) is 4. The molecule has 2 bridgehead atoms. The van der Waals surface area contributed by atoms with Gasteiger partial charge in [-0.05, 0) is 41.2 Å². The molecular formula is C32H33N5O3. The number of piperidine rings is 2. The minimum Gasteiger partial charge on any atom is -0.293 e. The van der Waals surface area contributed by atoms with Crippen LogP contribution in [0.15, 0.2) is 78.9 Å². The van der Waals surface area contributed by atoms with E-state index >= 15 is 0 Å². The van der Waals surface area contributed by atoms with Gasteiger partial charge in [0.15, 0.2) is 0 Å². The minimum absolute atomic E-state index is 0.188. The zero-order chi connectivity index (χ0) is 27.2. The summed E-state index contributed by atoms with van der Waals surface area (Å²) in [6.45, 7) is 3.46. The molecular weight excluding hydrogens is 502 g/mol. The lowest BCUT2D eigenvalue weighted by Crippen LogP contribution is -2.62. The molecule has 4 fully saturated rings. The van der Waals surface area contributed by atoms with Crippen LogP contribution in [-0.2, 0) is 17.9 Å². The Balaban J connectivity index is 1.07. The molecule has 0 saturated carbocycles. The van der Waals surface area contributed by atoms with Crippen LogP contribution < -0.4 is 5.32 Å². The first kappa shape index (κ1) is 25.0. The van der Waals surface area contributed by atoms with Crippen molar-refractivity contribution in [1.29, 1.82) is 0 Å². The predicted octanol–water partition coefficient (Wildman–Crippen LogP) is 3.94. The van der Waals surface area contributed by atoms with E-state index in [2.05, 4.69) is 87.9 Å². The summed E-state index contributed by atoms with van der Waals surface area (Å²) in [5.41, 5.74) is 5.44. The molecule has 5 aliphatic heterocycles. The average molecular weight is 536 g/mol. The van der Waals surface area contributed by atoms with Gasteiger partial charge in [-0.25, -0.2) is 14.8 Å². The van der Waals surface area contributed by atoms with Gasteiger partial charge in [0.1, 0.15) is 0 Å². The lowest BCUT2D eigenvalue weighted by Gasteiger charge is -2.54. The Hall–Kier alpha value is -4.01. The summed E-state index contributed by atoms with van der Waals surface area (Å²) in [4.78, 5) is 42.3. The number of hydrazine groups is 1. The van der Waals surface area contributed by atoms with Gasteiger partial charge in [0, 0.05) is 43.7 Å². The predicted molar refractivity (Wildman–Crippen MR) is 150 cm³/mol. The molecule has 2 unspecified atom stereocenters. The van der Waals surface area contributed by atoms with Crippen molar-refractivity contribution in [2.45, 2.75) is 50.5 Å². The molecule has 8 heteroatoms. The highest BCUT2D eigenvalue weighted by Gasteiger charge is 2.43. The van der Waals surface area contributed by atoms with Gasteiger partial charge < -0.3 is 0 Å². The molecule has 0 radical (unpaired) electrons. The number of carbonyl (C=O) groups excluding carboxylic acids is 3. The highest BCUT2D eigenvalue weighted by atomic mass is 16.2. The van der Waals surface area contributed by atoms with Crippen LogP contribution in [0.2, 0.25) is 0 Å². The van der Waals surface area contributed by atoms with Crippen molar-refractivity contribution in [2.75, 3.05) is 19.6 Å². The number of hydrogen-bond donors (Lipinski definition) is 1. The van der Waals surface area contributed by atoms with Crippen LogP contribution in [0.1, 0.15) is 57.9 Å². The number of fused-ring (bicyclic) bond motifs is 4. The molecule has 8 nitrogen and oxygen atoms in total. The number of hydrogen-bond acceptors (Lipinski definition) is 5. The van der Waals surface area contributed by atoms with E-state index in [4.69, 9.17) is 0 Å². The van der Waals surface area contributed by atoms with Gasteiger partial charge in [0.05, 0.1) is 19.1 Å². The summed E-state index contributed by atoms with van der Waals surface area (Å²) >= 11 is 0. The maximum atomic E-state index is 13.1. The highest BCUT2D eigenvalue weighted by molar-refractivity contribution is 6.01. The van der Waals surface area contributed by atoms with Gasteiger partial charge in [-0.3, -0.25) is 24.7 Å². The van der Waals surface area contributed by atoms with Crippen molar-refractivity contribution in [3.63, 3.8) is 0 Å². The summed E-state index contributed by atoms with van der Waals surface area (Å²) < 4.78 is 0. The maximum absolute atomic E-state index is 13.1. The molecule has 1 N–H and O–H groups in total. The van der Waals surface area contributed by atoms with Crippen molar-refractivity contribution in [3.05, 3.63) is 107 Å². The number of benzene rings is 3. The largest absolute Gasteiger partial charge is 0.342 e. The van der Waals surface area contributed by atoms with Crippen LogP contribution in [0.25, 0.3) is 0 Å². The summed E-state index contributed by atoms with van der Waals surface area (Å²) in [5, 5.41) is 5.13. The molecule has 0 aliphatic carbocycles. The van der Waals surface area contributed by atoms with E-state index in [9.17, 15) is 14.4 Å². The normalized spacial score (nSPS) is 23.2. The van der Waals surface area contributed by atoms with E-state index in [1.165, 1.54) is 39.5 Å². The zero-order valence-corrected chi connectivity index (χ0v) is 22.4. The standard InChI is InChI=1S/C32H33N5O3/c38-29-15-16-36(32(40)33-29)37-19-25-17-22(11-14-28(25)31(37)39)18-34-20-27-13-12-26(34)21-35(27)30(23-7-3-1-4-8-23)24-9-5-2-6-10-24/h1-11,14,17,26-27,30H,12-13,15-16,18-21H2,(H,33,38,40). The lowest BCUT2D eigenvalue weighted by atomic mass is 9.85. The van der Waals surface area contributed by atoms with Crippen molar-refractivity contribution in [1.82, 2.24) is 25.1 Å². The zero-order valence-electron chi connectivity index (χ0n) is 22.4. The molecule has 2 atom stereocenters. The van der Waals surface area contributed by atoms with Gasteiger partial charge in [-0.2, -0.15) is 0 Å². The number of rotatable bonds is 6. The van der Waals surface area contributed by atoms with E-state index in [1.807, 2.05) is 6.07 Å². The van der Waals surface area contributed by atoms with Crippen molar-refractivity contribution >= 4 is 17.8 Å². The first-order valence-electron chi connectivity index (χ1n) is 14.2. The Morgan fingerprint density at radius 3 is 2.15 bits per heavy atom. The van der Waals surface area contributed by atoms with Gasteiger partial charge in [-0.1, -0.05) is 72.8 Å². The average Bonchev–Trinajstić information content (AvgIpc) is 3.30. The Kier molecular flexibility index (Phi) is 6.37. The van der Waals surface area contributed by atoms with Gasteiger partial charge in [0.25, 0.3) is 5.91 Å². The van der Waals surface area contributed by atoms with E-state index in [1.54, 1.807) is 0 Å². The number of carbonyl (C=O) groups is 3. The number of imide groups is 1. The van der Waals surface area contributed by atoms with Crippen LogP contribution in [0.3, 0.4) is 0 Å². The number of piperazine rings is 1. The van der Waals surface area contributed by atoms with E-state index in [-0.39, 0.29) is 30.8 Å². The SMILES string of the molecule is O=C1CCN(N2Cc3cc(CN4CC5CCC4CN5C(c4ccccc4)c4ccccc4)ccc3C2=O)C(=O)N1. The molecule has 3 aromatic carbocycles. The molecule has 5 aliphatic rings. The fourth-order valence-corrected chi connectivity index (χ4v) is 6.98. The van der Waals surface area contributed by atoms with Crippen molar-refractivity contribution in [2.24, 2.45) is 0 Å². The summed E-state index contributed by atoms with van der Waals surface area (Å²) in [6, 6.07) is 28.4. The van der Waals surface area contributed by atoms with E-state index in [0.29, 0.717) is 24.2 Å². The third kappa shape index (κ3) is 4.47. The van der Waals surface area contributed by atoms with Crippen LogP contribution in [0.5, 0.6) is 0 Å². The number of urea groups is 1. The second-order valence-electron chi connectivity index (χ2n) is 11.3. The van der Waals surface area contributed by atoms with Gasteiger partial charge in [0.2, 0.25) is 5.91 Å². The fraction of sp³-hybridized carbons (Fsp3) is 0.344. The monoisotopic (exact) mass is 535 g/mol. The Bertz CT molecular complexity index is 1410. The third-order valence-electron chi connectivity index (χ3n) is 8.91. The second kappa shape index (κ2) is 10.2. The summed E-state index contributed by atoms with van der Waals surface area (Å²) in [6.07, 6.45) is 2.59. The summed E-state index contributed by atoms with van der Waals surface area (Å²) in [7, 11) is 0. The number of nitrogens with one attached hydrogen (secondary N) is 1. The van der Waals surface area contributed by atoms with Crippen LogP contribution >= 0.6 is 0 Å². The van der Waals surface area contributed by atoms with Gasteiger partial charge in [-0.15, -0.1) is 0 Å². The van der Waals surface area contributed by atoms with Crippen LogP contribution in [0, 0.1) is 0 Å². The Morgan fingerprint density at radius 1 is 0.800 bits per heavy atom. The van der Waals surface area contributed by atoms with Gasteiger partial charge >= 0.3 is 6.03 Å². The quantitative estimate of drug-likeness (QED) is 0.518. The van der Waals surface area contributed by atoms with Crippen molar-refractivity contribution < 1.29 is 14.4 Å². The molecule has 204 valence electrons. The Labute approximate surface area is 234 Å². The third-order valence-corrected chi connectivity index (χ3v) is 8.91. The Morgan fingerprint density at radius 2 is 1.50 bits per heavy atom. The maximum Gasteiger partial charge on any atom is 0.342 e. The molecule has 3 aromatic rings. The topological polar surface area (TPSA) is 76.2 Å². The molecule has 8 rings (SSSR count). The van der Waals surface area contributed by atoms with Crippen LogP contribution in [0.4, 0.5) is 4.79 Å². The van der Waals surface area contributed by atoms with Crippen molar-refractivity contribution in [3.8, 4) is 0 Å². The highest BCUT2D eigenvalue weighted by Crippen LogP contribution is 2.39. The summed E-state index contributed by atoms with van der Waals surface area (Å²) in [5.74, 6) is -0.493. The van der Waals surface area contributed by atoms with E-state index in [0.717, 1.165) is 25.2 Å². The molecule has 0 spiro atoms. The second-order valence-corrected chi connectivity index (χ2v) is 11.3. The lowest BCUT2D eigenvalue weighted by molar-refractivity contribution is -0.123. The van der Waals surface area contributed by atoms with E-state index < -0.39 is 6.03 Å². The molecule has 4 saturated heterocycles. The number of amides is 4. The minimum atomic E-state index is -0.532. The molecule has 4 amide bonds.